The normalized spacial score (nSPS) is 14.2. The zero-order chi connectivity index (χ0) is 28.1. The van der Waals surface area contributed by atoms with Crippen molar-refractivity contribution < 1.29 is 4.42 Å². The molecule has 7 aromatic rings. The molecule has 0 bridgehead atoms. The van der Waals surface area contributed by atoms with Gasteiger partial charge in [-0.2, -0.15) is 0 Å². The molecule has 41 heavy (non-hydrogen) atoms. The maximum absolute atomic E-state index is 6.35. The molecule has 0 radical (unpaired) electrons. The lowest BCUT2D eigenvalue weighted by molar-refractivity contribution is 0.584. The summed E-state index contributed by atoms with van der Waals surface area (Å²) in [5.74, 6) is 0.860. The molecule has 0 spiro atoms. The lowest BCUT2D eigenvalue weighted by Gasteiger charge is -2.25. The van der Waals surface area contributed by atoms with Crippen LogP contribution in [0.1, 0.15) is 51.3 Å². The Bertz CT molecular complexity index is 2170. The van der Waals surface area contributed by atoms with Crippen LogP contribution in [0, 0.1) is 0 Å². The van der Waals surface area contributed by atoms with Gasteiger partial charge < -0.3 is 4.42 Å². The van der Waals surface area contributed by atoms with Crippen molar-refractivity contribution in [3.05, 3.63) is 114 Å². The van der Waals surface area contributed by atoms with E-state index in [1.54, 1.807) is 6.20 Å². The number of para-hydroxylation sites is 3. The molecule has 0 fully saturated rings. The first-order chi connectivity index (χ1) is 19.7. The number of imidazole rings is 1. The number of furan rings is 1. The van der Waals surface area contributed by atoms with E-state index in [0.717, 1.165) is 44.5 Å². The number of rotatable bonds is 2. The Kier molecular flexibility index (Phi) is 4.81. The molecule has 200 valence electrons. The van der Waals surface area contributed by atoms with Crippen LogP contribution in [-0.4, -0.2) is 14.5 Å². The third-order valence-corrected chi connectivity index (χ3v) is 8.86. The highest BCUT2D eigenvalue weighted by Gasteiger charge is 2.37. The fourth-order valence-electron chi connectivity index (χ4n) is 6.61. The summed E-state index contributed by atoms with van der Waals surface area (Å²) in [4.78, 5) is 9.65. The smallest absolute Gasteiger partial charge is 0.227 e. The van der Waals surface area contributed by atoms with Crippen LogP contribution in [0.15, 0.2) is 102 Å². The minimum absolute atomic E-state index is 0.100. The molecule has 4 nitrogen and oxygen atoms in total. The van der Waals surface area contributed by atoms with E-state index in [2.05, 4.69) is 123 Å². The maximum atomic E-state index is 6.35. The van der Waals surface area contributed by atoms with E-state index in [9.17, 15) is 0 Å². The van der Waals surface area contributed by atoms with Gasteiger partial charge in [-0.05, 0) is 75.7 Å². The van der Waals surface area contributed by atoms with E-state index in [0.29, 0.717) is 5.71 Å². The van der Waals surface area contributed by atoms with Crippen molar-refractivity contribution in [1.29, 1.82) is 0 Å². The van der Waals surface area contributed by atoms with E-state index < -0.39 is 0 Å². The minimum atomic E-state index is -0.122. The van der Waals surface area contributed by atoms with Gasteiger partial charge >= 0.3 is 0 Å². The Morgan fingerprint density at radius 1 is 0.732 bits per heavy atom. The van der Waals surface area contributed by atoms with Gasteiger partial charge in [-0.25, -0.2) is 9.97 Å². The van der Waals surface area contributed by atoms with Gasteiger partial charge in [0.25, 0.3) is 0 Å². The molecule has 0 atom stereocenters. The molecule has 4 aromatic carbocycles. The van der Waals surface area contributed by atoms with E-state index >= 15 is 0 Å². The molecular formula is C37H31N3O. The zero-order valence-corrected chi connectivity index (χ0v) is 24.0. The zero-order valence-electron chi connectivity index (χ0n) is 24.0. The molecule has 0 amide bonds. The van der Waals surface area contributed by atoms with Gasteiger partial charge in [-0.3, -0.25) is 4.57 Å². The van der Waals surface area contributed by atoms with Crippen LogP contribution in [0.25, 0.3) is 61.3 Å². The monoisotopic (exact) mass is 533 g/mol. The fourth-order valence-corrected chi connectivity index (χ4v) is 6.61. The molecule has 0 saturated heterocycles. The molecule has 3 heterocycles. The Labute approximate surface area is 239 Å². The Morgan fingerprint density at radius 3 is 2.32 bits per heavy atom. The summed E-state index contributed by atoms with van der Waals surface area (Å²) < 4.78 is 8.63. The summed E-state index contributed by atoms with van der Waals surface area (Å²) in [6.45, 7) is 11.6. The van der Waals surface area contributed by atoms with Gasteiger partial charge in [-0.1, -0.05) is 83.1 Å². The largest absolute Gasteiger partial charge is 0.437 e. The van der Waals surface area contributed by atoms with Crippen LogP contribution in [0.5, 0.6) is 0 Å². The number of hydrogen-bond donors (Lipinski definition) is 0. The van der Waals surface area contributed by atoms with Crippen LogP contribution >= 0.6 is 0 Å². The Hall–Kier alpha value is -4.70. The van der Waals surface area contributed by atoms with Crippen LogP contribution in [0.4, 0.5) is 0 Å². The lowest BCUT2D eigenvalue weighted by atomic mass is 9.79. The highest BCUT2D eigenvalue weighted by Crippen LogP contribution is 2.50. The third-order valence-electron chi connectivity index (χ3n) is 8.86. The number of fused-ring (bicyclic) bond motifs is 7. The summed E-state index contributed by atoms with van der Waals surface area (Å²) in [6, 6.07) is 32.6. The minimum Gasteiger partial charge on any atom is -0.437 e. The topological polar surface area (TPSA) is 43.9 Å². The molecule has 3 aromatic heterocycles. The summed E-state index contributed by atoms with van der Waals surface area (Å²) in [5.41, 5.74) is 12.2. The lowest BCUT2D eigenvalue weighted by Crippen LogP contribution is -2.18. The number of benzene rings is 4. The quantitative estimate of drug-likeness (QED) is 0.222. The van der Waals surface area contributed by atoms with Gasteiger partial charge in [0, 0.05) is 28.1 Å². The van der Waals surface area contributed by atoms with Crippen LogP contribution < -0.4 is 0 Å². The Balaban J connectivity index is 1.37. The predicted molar refractivity (Wildman–Crippen MR) is 168 cm³/mol. The maximum Gasteiger partial charge on any atom is 0.227 e. The molecule has 1 aliphatic carbocycles. The van der Waals surface area contributed by atoms with Gasteiger partial charge in [0.05, 0.1) is 16.6 Å². The summed E-state index contributed by atoms with van der Waals surface area (Å²) in [6.07, 6.45) is 1.77. The van der Waals surface area contributed by atoms with E-state index in [4.69, 9.17) is 9.40 Å². The number of aromatic nitrogens is 3. The van der Waals surface area contributed by atoms with E-state index in [1.165, 1.54) is 27.8 Å². The van der Waals surface area contributed by atoms with Crippen molar-refractivity contribution in [3.63, 3.8) is 0 Å². The first-order valence-corrected chi connectivity index (χ1v) is 14.3. The molecule has 4 heteroatoms. The van der Waals surface area contributed by atoms with E-state index in [1.807, 2.05) is 12.1 Å². The summed E-state index contributed by atoms with van der Waals surface area (Å²) in [5, 5.41) is 2.06. The molecule has 0 N–H and O–H groups in total. The average Bonchev–Trinajstić information content (AvgIpc) is 3.61. The molecule has 0 saturated carbocycles. The van der Waals surface area contributed by atoms with Crippen molar-refractivity contribution in [2.24, 2.45) is 0 Å². The molecule has 8 rings (SSSR count). The SMILES string of the molecule is CC(C)(C)c1ccc2c(c1)C(C)(C)c1cc(-n3c(-c4cccc5c4oc4ncccc45)nc4ccccc43)ccc1-2. The van der Waals surface area contributed by atoms with Crippen molar-refractivity contribution in [1.82, 2.24) is 14.5 Å². The summed E-state index contributed by atoms with van der Waals surface area (Å²) in [7, 11) is 0. The van der Waals surface area contributed by atoms with Crippen molar-refractivity contribution >= 4 is 33.1 Å². The molecule has 1 aliphatic rings. The number of hydrogen-bond acceptors (Lipinski definition) is 3. The highest BCUT2D eigenvalue weighted by molar-refractivity contribution is 6.08. The first kappa shape index (κ1) is 24.1. The van der Waals surface area contributed by atoms with Crippen LogP contribution in [0.2, 0.25) is 0 Å². The highest BCUT2D eigenvalue weighted by atomic mass is 16.3. The summed E-state index contributed by atoms with van der Waals surface area (Å²) >= 11 is 0. The number of pyridine rings is 1. The first-order valence-electron chi connectivity index (χ1n) is 14.3. The van der Waals surface area contributed by atoms with E-state index in [-0.39, 0.29) is 10.8 Å². The van der Waals surface area contributed by atoms with Crippen LogP contribution in [-0.2, 0) is 10.8 Å². The second-order valence-corrected chi connectivity index (χ2v) is 12.8. The van der Waals surface area contributed by atoms with Crippen molar-refractivity contribution in [2.45, 2.75) is 45.4 Å². The van der Waals surface area contributed by atoms with Crippen LogP contribution in [0.3, 0.4) is 0 Å². The fraction of sp³-hybridized carbons (Fsp3) is 0.189. The van der Waals surface area contributed by atoms with Gasteiger partial charge in [-0.15, -0.1) is 0 Å². The van der Waals surface area contributed by atoms with Crippen molar-refractivity contribution in [3.8, 4) is 28.2 Å². The van der Waals surface area contributed by atoms with Gasteiger partial charge in [0.2, 0.25) is 5.71 Å². The second kappa shape index (κ2) is 8.17. The van der Waals surface area contributed by atoms with Gasteiger partial charge in [0.15, 0.2) is 0 Å². The van der Waals surface area contributed by atoms with Gasteiger partial charge in [0.1, 0.15) is 11.4 Å². The third kappa shape index (κ3) is 3.40. The standard InChI is InChI=1S/C37H31N3O/c1-36(2,3)22-15-17-24-25-18-16-23(21-30(25)37(4,5)29(24)20-22)40-32-14-7-6-13-31(32)39-34(40)28-11-8-10-26-27-12-9-19-38-35(27)41-33(26)28/h6-21H,1-5H3. The Morgan fingerprint density at radius 2 is 1.49 bits per heavy atom. The molecular weight excluding hydrogens is 502 g/mol. The molecule has 0 unspecified atom stereocenters. The average molecular weight is 534 g/mol. The number of nitrogens with zero attached hydrogens (tertiary/aromatic N) is 3. The van der Waals surface area contributed by atoms with Crippen molar-refractivity contribution in [2.75, 3.05) is 0 Å². The predicted octanol–water partition coefficient (Wildman–Crippen LogP) is 9.59. The second-order valence-electron chi connectivity index (χ2n) is 12.8. The molecule has 0 aliphatic heterocycles.